The van der Waals surface area contributed by atoms with Crippen molar-refractivity contribution in [2.75, 3.05) is 17.2 Å². The summed E-state index contributed by atoms with van der Waals surface area (Å²) in [4.78, 5) is 17.3. The standard InChI is InChI=1S/C9H9BrClN3O/c10-5-3-7(15)14(4-5)8-6(12)1-2-13-9(8)11/h1-2,5H,3-4H2,(H2,12,13). The van der Waals surface area contributed by atoms with E-state index < -0.39 is 0 Å². The number of alkyl halides is 1. The van der Waals surface area contributed by atoms with Gasteiger partial charge in [-0.15, -0.1) is 0 Å². The summed E-state index contributed by atoms with van der Waals surface area (Å²) in [6.07, 6.45) is 1.98. The molecule has 1 aliphatic heterocycles. The van der Waals surface area contributed by atoms with Crippen molar-refractivity contribution >= 4 is 44.8 Å². The molecule has 0 radical (unpaired) electrons. The highest BCUT2D eigenvalue weighted by Gasteiger charge is 2.31. The summed E-state index contributed by atoms with van der Waals surface area (Å²) >= 11 is 9.32. The molecule has 1 fully saturated rings. The molecular weight excluding hydrogens is 281 g/mol. The number of hydrogen-bond acceptors (Lipinski definition) is 3. The number of nitrogen functional groups attached to an aromatic ring is 1. The molecule has 15 heavy (non-hydrogen) atoms. The lowest BCUT2D eigenvalue weighted by atomic mass is 10.3. The van der Waals surface area contributed by atoms with Gasteiger partial charge in [-0.25, -0.2) is 4.98 Å². The van der Waals surface area contributed by atoms with Crippen LogP contribution in [-0.4, -0.2) is 22.3 Å². The molecule has 0 bridgehead atoms. The van der Waals surface area contributed by atoms with Crippen molar-refractivity contribution in [2.24, 2.45) is 0 Å². The number of amides is 1. The molecule has 80 valence electrons. The highest BCUT2D eigenvalue weighted by molar-refractivity contribution is 9.09. The Morgan fingerprint density at radius 2 is 2.40 bits per heavy atom. The minimum atomic E-state index is 0.0125. The van der Waals surface area contributed by atoms with Crippen molar-refractivity contribution in [3.63, 3.8) is 0 Å². The Kier molecular flexibility index (Phi) is 2.84. The fourth-order valence-electron chi connectivity index (χ4n) is 1.59. The normalized spacial score (nSPS) is 21.1. The first-order chi connectivity index (χ1) is 7.09. The first-order valence-electron chi connectivity index (χ1n) is 4.44. The molecule has 0 aromatic carbocycles. The first-order valence-corrected chi connectivity index (χ1v) is 5.73. The number of hydrogen-bond donors (Lipinski definition) is 1. The van der Waals surface area contributed by atoms with E-state index in [1.54, 1.807) is 11.0 Å². The fraction of sp³-hybridized carbons (Fsp3) is 0.333. The second-order valence-electron chi connectivity index (χ2n) is 3.35. The third-order valence-corrected chi connectivity index (χ3v) is 3.15. The van der Waals surface area contributed by atoms with Crippen molar-refractivity contribution < 1.29 is 4.79 Å². The van der Waals surface area contributed by atoms with Gasteiger partial charge in [-0.05, 0) is 6.07 Å². The molecule has 1 saturated heterocycles. The molecule has 0 spiro atoms. The second-order valence-corrected chi connectivity index (χ2v) is 5.00. The Morgan fingerprint density at radius 1 is 1.67 bits per heavy atom. The van der Waals surface area contributed by atoms with Gasteiger partial charge in [-0.3, -0.25) is 4.79 Å². The Hall–Kier alpha value is -0.810. The molecule has 6 heteroatoms. The van der Waals surface area contributed by atoms with E-state index in [1.807, 2.05) is 0 Å². The van der Waals surface area contributed by atoms with Gasteiger partial charge in [-0.1, -0.05) is 27.5 Å². The quantitative estimate of drug-likeness (QED) is 0.634. The van der Waals surface area contributed by atoms with Gasteiger partial charge in [0.05, 0.1) is 5.69 Å². The van der Waals surface area contributed by atoms with Crippen molar-refractivity contribution in [1.29, 1.82) is 0 Å². The van der Waals surface area contributed by atoms with Crippen LogP contribution in [-0.2, 0) is 4.79 Å². The van der Waals surface area contributed by atoms with Gasteiger partial charge >= 0.3 is 0 Å². The van der Waals surface area contributed by atoms with E-state index in [4.69, 9.17) is 17.3 Å². The molecule has 1 aromatic rings. The number of anilines is 2. The van der Waals surface area contributed by atoms with Gasteiger partial charge < -0.3 is 10.6 Å². The zero-order valence-corrected chi connectivity index (χ0v) is 10.1. The molecule has 1 amide bonds. The number of halogens is 2. The summed E-state index contributed by atoms with van der Waals surface area (Å²) < 4.78 is 0. The second kappa shape index (κ2) is 3.98. The van der Waals surface area contributed by atoms with Gasteiger partial charge in [0.2, 0.25) is 5.91 Å². The molecular formula is C9H9BrClN3O. The van der Waals surface area contributed by atoms with Crippen LogP contribution in [0.4, 0.5) is 11.4 Å². The van der Waals surface area contributed by atoms with Gasteiger partial charge in [0.15, 0.2) is 5.15 Å². The Labute approximate surface area is 101 Å². The first kappa shape index (κ1) is 10.7. The topological polar surface area (TPSA) is 59.2 Å². The zero-order valence-electron chi connectivity index (χ0n) is 7.78. The van der Waals surface area contributed by atoms with Crippen molar-refractivity contribution in [2.45, 2.75) is 11.2 Å². The van der Waals surface area contributed by atoms with Crippen LogP contribution >= 0.6 is 27.5 Å². The van der Waals surface area contributed by atoms with E-state index in [1.165, 1.54) is 6.20 Å². The summed E-state index contributed by atoms with van der Waals surface area (Å²) in [6.45, 7) is 0.578. The van der Waals surface area contributed by atoms with E-state index in [2.05, 4.69) is 20.9 Å². The summed E-state index contributed by atoms with van der Waals surface area (Å²) in [5.74, 6) is 0.0125. The van der Waals surface area contributed by atoms with E-state index >= 15 is 0 Å². The number of carbonyl (C=O) groups excluding carboxylic acids is 1. The Morgan fingerprint density at radius 3 is 2.93 bits per heavy atom. The summed E-state index contributed by atoms with van der Waals surface area (Å²) in [6, 6.07) is 1.63. The van der Waals surface area contributed by atoms with Gasteiger partial charge in [-0.2, -0.15) is 0 Å². The van der Waals surface area contributed by atoms with Crippen LogP contribution in [0.25, 0.3) is 0 Å². The highest BCUT2D eigenvalue weighted by Crippen LogP contribution is 2.34. The van der Waals surface area contributed by atoms with E-state index in [9.17, 15) is 4.79 Å². The largest absolute Gasteiger partial charge is 0.397 e. The molecule has 1 aliphatic rings. The van der Waals surface area contributed by atoms with Gasteiger partial charge in [0, 0.05) is 24.0 Å². The highest BCUT2D eigenvalue weighted by atomic mass is 79.9. The molecule has 4 nitrogen and oxygen atoms in total. The molecule has 1 unspecified atom stereocenters. The van der Waals surface area contributed by atoms with Crippen LogP contribution in [0.3, 0.4) is 0 Å². The van der Waals surface area contributed by atoms with Gasteiger partial charge in [0.1, 0.15) is 5.69 Å². The number of rotatable bonds is 1. The minimum Gasteiger partial charge on any atom is -0.397 e. The van der Waals surface area contributed by atoms with E-state index in [-0.39, 0.29) is 15.9 Å². The smallest absolute Gasteiger partial charge is 0.228 e. The molecule has 2 N–H and O–H groups in total. The van der Waals surface area contributed by atoms with Crippen molar-refractivity contribution in [3.05, 3.63) is 17.4 Å². The number of carbonyl (C=O) groups is 1. The maximum atomic E-state index is 11.6. The van der Waals surface area contributed by atoms with Crippen molar-refractivity contribution in [1.82, 2.24) is 4.98 Å². The van der Waals surface area contributed by atoms with Crippen LogP contribution in [0.2, 0.25) is 5.15 Å². The monoisotopic (exact) mass is 289 g/mol. The Balaban J connectivity index is 2.41. The maximum Gasteiger partial charge on any atom is 0.228 e. The number of nitrogens with two attached hydrogens (primary N) is 1. The lowest BCUT2D eigenvalue weighted by Crippen LogP contribution is -2.26. The fourth-order valence-corrected chi connectivity index (χ4v) is 2.42. The average Bonchev–Trinajstić information content (AvgIpc) is 2.45. The zero-order chi connectivity index (χ0) is 11.0. The van der Waals surface area contributed by atoms with Crippen LogP contribution in [0.1, 0.15) is 6.42 Å². The summed E-state index contributed by atoms with van der Waals surface area (Å²) in [7, 11) is 0. The van der Waals surface area contributed by atoms with Crippen LogP contribution in [0.5, 0.6) is 0 Å². The Bertz CT molecular complexity index is 392. The molecule has 1 atom stereocenters. The maximum absolute atomic E-state index is 11.6. The third-order valence-electron chi connectivity index (χ3n) is 2.26. The van der Waals surface area contributed by atoms with E-state index in [0.717, 1.165) is 0 Å². The van der Waals surface area contributed by atoms with Crippen molar-refractivity contribution in [3.8, 4) is 0 Å². The molecule has 2 rings (SSSR count). The predicted octanol–water partition coefficient (Wildman–Crippen LogP) is 1.82. The van der Waals surface area contributed by atoms with Crippen LogP contribution in [0, 0.1) is 0 Å². The van der Waals surface area contributed by atoms with E-state index in [0.29, 0.717) is 24.3 Å². The molecule has 1 aromatic heterocycles. The number of pyridine rings is 1. The lowest BCUT2D eigenvalue weighted by Gasteiger charge is -2.18. The van der Waals surface area contributed by atoms with Gasteiger partial charge in [0.25, 0.3) is 0 Å². The van der Waals surface area contributed by atoms with Crippen LogP contribution < -0.4 is 10.6 Å². The third kappa shape index (κ3) is 1.94. The molecule has 0 saturated carbocycles. The number of aromatic nitrogens is 1. The summed E-state index contributed by atoms with van der Waals surface area (Å²) in [5, 5.41) is 0.268. The van der Waals surface area contributed by atoms with Crippen LogP contribution in [0.15, 0.2) is 12.3 Å². The molecule has 2 heterocycles. The molecule has 0 aliphatic carbocycles. The lowest BCUT2D eigenvalue weighted by molar-refractivity contribution is -0.117. The average molecular weight is 291 g/mol. The number of nitrogens with zero attached hydrogens (tertiary/aromatic N) is 2. The predicted molar refractivity (Wildman–Crippen MR) is 63.3 cm³/mol. The minimum absolute atomic E-state index is 0.0125. The summed E-state index contributed by atoms with van der Waals surface area (Å²) in [5.41, 5.74) is 6.77. The SMILES string of the molecule is Nc1ccnc(Cl)c1N1CC(Br)CC1=O.